The van der Waals surface area contributed by atoms with Crippen molar-refractivity contribution in [3.8, 4) is 0 Å². The Morgan fingerprint density at radius 1 is 0.974 bits per heavy atom. The summed E-state index contributed by atoms with van der Waals surface area (Å²) in [6, 6.07) is 13.1. The lowest BCUT2D eigenvalue weighted by Gasteiger charge is -2.31. The highest BCUT2D eigenvalue weighted by molar-refractivity contribution is 8.00. The van der Waals surface area contributed by atoms with Gasteiger partial charge in [-0.2, -0.15) is 0 Å². The van der Waals surface area contributed by atoms with E-state index in [4.69, 9.17) is 4.74 Å². The molecule has 39 heavy (non-hydrogen) atoms. The van der Waals surface area contributed by atoms with Crippen molar-refractivity contribution < 1.29 is 23.5 Å². The molecule has 0 spiro atoms. The van der Waals surface area contributed by atoms with Crippen molar-refractivity contribution in [3.05, 3.63) is 74.5 Å². The quantitative estimate of drug-likeness (QED) is 0.296. The van der Waals surface area contributed by atoms with Crippen LogP contribution in [0.1, 0.15) is 37.1 Å². The average molecular weight is 570 g/mol. The predicted octanol–water partition coefficient (Wildman–Crippen LogP) is 4.25. The minimum Gasteiger partial charge on any atom is -0.465 e. The number of imide groups is 1. The number of carbonyl (C=O) groups excluding carboxylic acids is 3. The first-order valence-corrected chi connectivity index (χ1v) is 14.5. The zero-order valence-electron chi connectivity index (χ0n) is 21.8. The van der Waals surface area contributed by atoms with Crippen molar-refractivity contribution >= 4 is 52.3 Å². The summed E-state index contributed by atoms with van der Waals surface area (Å²) in [4.78, 5) is 56.6. The number of thioether (sulfide) groups is 1. The van der Waals surface area contributed by atoms with Crippen LogP contribution in [0.15, 0.2) is 58.4 Å². The van der Waals surface area contributed by atoms with E-state index in [2.05, 4.69) is 18.7 Å². The second-order valence-electron chi connectivity index (χ2n) is 9.22. The fraction of sp³-hybridized carbons (Fsp3) is 0.357. The number of aromatic nitrogens is 1. The molecule has 2 aliphatic rings. The van der Waals surface area contributed by atoms with Crippen LogP contribution in [-0.2, 0) is 25.7 Å². The SMILES string of the molecule is CCOC(=O)Cn1c2c(sc1=O)[C@@H](c1ccc(N(CC)CC)cc1)[C@@H]1C(=O)N(c3ccc(F)cc3)C(=O)[C@@H]1S2. The summed E-state index contributed by atoms with van der Waals surface area (Å²) in [7, 11) is 0. The highest BCUT2D eigenvalue weighted by Gasteiger charge is 2.56. The fourth-order valence-electron chi connectivity index (χ4n) is 5.28. The van der Waals surface area contributed by atoms with E-state index in [9.17, 15) is 23.6 Å². The van der Waals surface area contributed by atoms with E-state index in [1.54, 1.807) is 6.92 Å². The van der Waals surface area contributed by atoms with Crippen LogP contribution in [0.2, 0.25) is 0 Å². The first kappa shape index (κ1) is 27.1. The Hall–Kier alpha value is -3.44. The average Bonchev–Trinajstić information content (AvgIpc) is 3.37. The molecule has 3 heterocycles. The second kappa shape index (κ2) is 11.0. The summed E-state index contributed by atoms with van der Waals surface area (Å²) < 4.78 is 20.0. The zero-order chi connectivity index (χ0) is 27.8. The predicted molar refractivity (Wildman–Crippen MR) is 149 cm³/mol. The molecule has 1 aromatic heterocycles. The van der Waals surface area contributed by atoms with Gasteiger partial charge in [-0.1, -0.05) is 35.2 Å². The number of nitrogens with zero attached hydrogens (tertiary/aromatic N) is 3. The van der Waals surface area contributed by atoms with Gasteiger partial charge in [0.1, 0.15) is 17.6 Å². The van der Waals surface area contributed by atoms with Crippen molar-refractivity contribution in [2.75, 3.05) is 29.5 Å². The van der Waals surface area contributed by atoms with E-state index in [-0.39, 0.29) is 18.0 Å². The molecule has 5 rings (SSSR count). The molecule has 3 aromatic rings. The van der Waals surface area contributed by atoms with Crippen molar-refractivity contribution in [1.29, 1.82) is 0 Å². The van der Waals surface area contributed by atoms with Gasteiger partial charge in [-0.05, 0) is 62.7 Å². The van der Waals surface area contributed by atoms with Crippen LogP contribution in [-0.4, -0.2) is 47.3 Å². The molecule has 1 saturated heterocycles. The number of halogens is 1. The molecule has 2 amide bonds. The Kier molecular flexibility index (Phi) is 7.64. The third-order valence-electron chi connectivity index (χ3n) is 7.11. The van der Waals surface area contributed by atoms with Gasteiger partial charge in [-0.3, -0.25) is 23.7 Å². The van der Waals surface area contributed by atoms with E-state index < -0.39 is 40.7 Å². The Morgan fingerprint density at radius 3 is 2.26 bits per heavy atom. The Balaban J connectivity index is 1.62. The summed E-state index contributed by atoms with van der Waals surface area (Å²) >= 11 is 2.12. The zero-order valence-corrected chi connectivity index (χ0v) is 23.4. The van der Waals surface area contributed by atoms with Gasteiger partial charge in [0.05, 0.1) is 23.2 Å². The maximum atomic E-state index is 13.9. The lowest BCUT2D eigenvalue weighted by atomic mass is 9.83. The van der Waals surface area contributed by atoms with E-state index >= 15 is 0 Å². The number of anilines is 2. The van der Waals surface area contributed by atoms with Crippen molar-refractivity contribution in [1.82, 2.24) is 4.57 Å². The molecule has 0 N–H and O–H groups in total. The van der Waals surface area contributed by atoms with Crippen LogP contribution in [0, 0.1) is 11.7 Å². The number of esters is 1. The van der Waals surface area contributed by atoms with Crippen molar-refractivity contribution in [2.45, 2.75) is 43.5 Å². The van der Waals surface area contributed by atoms with Gasteiger partial charge < -0.3 is 9.64 Å². The summed E-state index contributed by atoms with van der Waals surface area (Å²) in [5, 5.41) is -0.316. The number of carbonyl (C=O) groups is 3. The Labute approximate surface area is 233 Å². The number of hydrogen-bond donors (Lipinski definition) is 0. The molecule has 0 bridgehead atoms. The monoisotopic (exact) mass is 569 g/mol. The molecule has 0 radical (unpaired) electrons. The molecule has 8 nitrogen and oxygen atoms in total. The highest BCUT2D eigenvalue weighted by atomic mass is 32.2. The first-order valence-electron chi connectivity index (χ1n) is 12.8. The van der Waals surface area contributed by atoms with E-state index in [0.29, 0.717) is 15.6 Å². The van der Waals surface area contributed by atoms with Crippen LogP contribution in [0.25, 0.3) is 0 Å². The van der Waals surface area contributed by atoms with Crippen LogP contribution >= 0.6 is 23.1 Å². The maximum Gasteiger partial charge on any atom is 0.326 e. The van der Waals surface area contributed by atoms with Crippen LogP contribution in [0.5, 0.6) is 0 Å². The van der Waals surface area contributed by atoms with E-state index in [1.807, 2.05) is 24.3 Å². The topological polar surface area (TPSA) is 88.9 Å². The molecule has 2 aliphatic heterocycles. The van der Waals surface area contributed by atoms with E-state index in [1.165, 1.54) is 28.8 Å². The molecule has 11 heteroatoms. The minimum atomic E-state index is -0.815. The first-order chi connectivity index (χ1) is 18.8. The molecule has 3 atom stereocenters. The van der Waals surface area contributed by atoms with Gasteiger partial charge in [0.25, 0.3) is 0 Å². The number of benzene rings is 2. The minimum absolute atomic E-state index is 0.179. The van der Waals surface area contributed by atoms with Gasteiger partial charge >= 0.3 is 10.8 Å². The van der Waals surface area contributed by atoms with Crippen LogP contribution < -0.4 is 14.7 Å². The lowest BCUT2D eigenvalue weighted by Crippen LogP contribution is -2.32. The van der Waals surface area contributed by atoms with Gasteiger partial charge in [0, 0.05) is 29.6 Å². The Bertz CT molecular complexity index is 1460. The molecular weight excluding hydrogens is 541 g/mol. The van der Waals surface area contributed by atoms with Crippen molar-refractivity contribution in [3.63, 3.8) is 0 Å². The summed E-state index contributed by atoms with van der Waals surface area (Å²) in [5.74, 6) is -3.19. The van der Waals surface area contributed by atoms with Crippen molar-refractivity contribution in [2.24, 2.45) is 5.92 Å². The van der Waals surface area contributed by atoms with Gasteiger partial charge in [0.2, 0.25) is 11.8 Å². The van der Waals surface area contributed by atoms with E-state index in [0.717, 1.165) is 52.3 Å². The standard InChI is InChI=1S/C28H28FN3O5S2/c1-4-30(5-2)18-11-7-16(8-12-18)21-22-23(26(35)32(25(22)34)19-13-9-17(29)10-14-19)38-27-24(21)39-28(36)31(27)15-20(33)37-6-3/h7-14,21-23H,4-6,15H2,1-3H3/t21-,22-,23+/m0/s1. The molecular formula is C28H28FN3O5S2. The van der Waals surface area contributed by atoms with Gasteiger partial charge in [-0.15, -0.1) is 0 Å². The molecule has 1 fully saturated rings. The number of ether oxygens (including phenoxy) is 1. The highest BCUT2D eigenvalue weighted by Crippen LogP contribution is 2.54. The number of amides is 2. The number of thiazole rings is 1. The fourth-order valence-corrected chi connectivity index (χ4v) is 8.05. The molecule has 0 unspecified atom stereocenters. The molecule has 0 aliphatic carbocycles. The summed E-state index contributed by atoms with van der Waals surface area (Å²) in [6.45, 7) is 7.41. The van der Waals surface area contributed by atoms with Gasteiger partial charge in [0.15, 0.2) is 0 Å². The van der Waals surface area contributed by atoms with Gasteiger partial charge in [-0.25, -0.2) is 9.29 Å². The third kappa shape index (κ3) is 4.78. The maximum absolute atomic E-state index is 13.9. The second-order valence-corrected chi connectivity index (χ2v) is 11.3. The number of rotatable bonds is 8. The largest absolute Gasteiger partial charge is 0.465 e. The summed E-state index contributed by atoms with van der Waals surface area (Å²) in [5.41, 5.74) is 2.12. The third-order valence-corrected chi connectivity index (χ3v) is 9.71. The normalized spacial score (nSPS) is 20.1. The molecule has 2 aromatic carbocycles. The van der Waals surface area contributed by atoms with Crippen LogP contribution in [0.3, 0.4) is 0 Å². The smallest absolute Gasteiger partial charge is 0.326 e. The van der Waals surface area contributed by atoms with Crippen LogP contribution in [0.4, 0.5) is 15.8 Å². The lowest BCUT2D eigenvalue weighted by molar-refractivity contribution is -0.144. The molecule has 0 saturated carbocycles. The molecule has 204 valence electrons. The number of hydrogen-bond acceptors (Lipinski definition) is 8. The summed E-state index contributed by atoms with van der Waals surface area (Å²) in [6.07, 6.45) is 0. The Morgan fingerprint density at radius 2 is 1.64 bits per heavy atom. The number of fused-ring (bicyclic) bond motifs is 2.